The van der Waals surface area contributed by atoms with Crippen LogP contribution in [0.25, 0.3) is 10.9 Å². The summed E-state index contributed by atoms with van der Waals surface area (Å²) in [5.74, 6) is -0.580. The van der Waals surface area contributed by atoms with Crippen molar-refractivity contribution in [3.63, 3.8) is 0 Å². The number of aromatic nitrogens is 2. The van der Waals surface area contributed by atoms with Crippen LogP contribution in [0, 0.1) is 5.82 Å². The monoisotopic (exact) mass is 291 g/mol. The number of nitrogens with one attached hydrogen (secondary N) is 1. The van der Waals surface area contributed by atoms with E-state index in [-0.39, 0.29) is 17.1 Å². The van der Waals surface area contributed by atoms with E-state index < -0.39 is 11.4 Å². The van der Waals surface area contributed by atoms with E-state index in [1.54, 1.807) is 13.1 Å². The molecule has 0 saturated carbocycles. The maximum atomic E-state index is 14.0. The number of hydrogen-bond donors (Lipinski definition) is 1. The predicted octanol–water partition coefficient (Wildman–Crippen LogP) is 1.15. The zero-order chi connectivity index (χ0) is 15.0. The average Bonchev–Trinajstić information content (AvgIpc) is 2.74. The number of fused-ring (bicyclic) bond motifs is 1. The average molecular weight is 291 g/mol. The second kappa shape index (κ2) is 5.44. The minimum atomic E-state index is -0.580. The van der Waals surface area contributed by atoms with Gasteiger partial charge in [0.1, 0.15) is 5.82 Å². The fourth-order valence-electron chi connectivity index (χ4n) is 3.02. The van der Waals surface area contributed by atoms with Crippen molar-refractivity contribution in [3.05, 3.63) is 44.9 Å². The SMILES string of the molecule is Cn1c(=O)n(C2CCCCNC2)c(=O)c2c(F)cccc21. The Balaban J connectivity index is 2.30. The first kappa shape index (κ1) is 14.0. The molecule has 0 spiro atoms. The van der Waals surface area contributed by atoms with Gasteiger partial charge in [0.2, 0.25) is 0 Å². The van der Waals surface area contributed by atoms with Crippen molar-refractivity contribution >= 4 is 10.9 Å². The first-order valence-corrected chi connectivity index (χ1v) is 7.21. The third kappa shape index (κ3) is 2.29. The van der Waals surface area contributed by atoms with Crippen molar-refractivity contribution < 1.29 is 4.39 Å². The third-order valence-corrected chi connectivity index (χ3v) is 4.16. The zero-order valence-electron chi connectivity index (χ0n) is 11.9. The standard InChI is InChI=1S/C15H18FN3O2/c1-18-12-7-4-6-11(16)13(12)14(20)19(15(18)21)10-5-2-3-8-17-9-10/h4,6-7,10,17H,2-3,5,8-9H2,1H3. The number of nitrogens with zero attached hydrogens (tertiary/aromatic N) is 2. The normalized spacial score (nSPS) is 19.6. The van der Waals surface area contributed by atoms with Crippen LogP contribution >= 0.6 is 0 Å². The Kier molecular flexibility index (Phi) is 3.63. The summed E-state index contributed by atoms with van der Waals surface area (Å²) < 4.78 is 16.6. The molecule has 2 heterocycles. The minimum Gasteiger partial charge on any atom is -0.315 e. The Labute approximate surface area is 121 Å². The van der Waals surface area contributed by atoms with Gasteiger partial charge in [-0.05, 0) is 31.5 Å². The molecule has 1 aromatic carbocycles. The van der Waals surface area contributed by atoms with Crippen LogP contribution in [0.5, 0.6) is 0 Å². The van der Waals surface area contributed by atoms with E-state index in [1.807, 2.05) is 0 Å². The number of rotatable bonds is 1. The van der Waals surface area contributed by atoms with E-state index in [0.717, 1.165) is 25.8 Å². The number of aryl methyl sites for hydroxylation is 1. The molecule has 21 heavy (non-hydrogen) atoms. The van der Waals surface area contributed by atoms with Crippen molar-refractivity contribution in [3.8, 4) is 0 Å². The van der Waals surface area contributed by atoms with E-state index in [1.165, 1.54) is 21.3 Å². The van der Waals surface area contributed by atoms with Gasteiger partial charge >= 0.3 is 5.69 Å². The highest BCUT2D eigenvalue weighted by molar-refractivity contribution is 5.78. The van der Waals surface area contributed by atoms with Crippen LogP contribution in [0.4, 0.5) is 4.39 Å². The van der Waals surface area contributed by atoms with Gasteiger partial charge in [-0.2, -0.15) is 0 Å². The highest BCUT2D eigenvalue weighted by Crippen LogP contribution is 2.16. The molecule has 0 radical (unpaired) electrons. The van der Waals surface area contributed by atoms with E-state index in [2.05, 4.69) is 5.32 Å². The van der Waals surface area contributed by atoms with Crippen molar-refractivity contribution in [2.75, 3.05) is 13.1 Å². The summed E-state index contributed by atoms with van der Waals surface area (Å²) >= 11 is 0. The lowest BCUT2D eigenvalue weighted by atomic mass is 10.1. The summed E-state index contributed by atoms with van der Waals surface area (Å²) in [5, 5.41) is 3.22. The summed E-state index contributed by atoms with van der Waals surface area (Å²) in [6.07, 6.45) is 2.72. The Morgan fingerprint density at radius 2 is 2.10 bits per heavy atom. The molecule has 0 aliphatic carbocycles. The van der Waals surface area contributed by atoms with E-state index in [4.69, 9.17) is 0 Å². The molecule has 2 aromatic rings. The fraction of sp³-hybridized carbons (Fsp3) is 0.467. The van der Waals surface area contributed by atoms with Crippen LogP contribution in [-0.4, -0.2) is 22.2 Å². The Morgan fingerprint density at radius 1 is 1.29 bits per heavy atom. The van der Waals surface area contributed by atoms with Gasteiger partial charge in [-0.1, -0.05) is 12.5 Å². The molecule has 1 atom stereocenters. The molecule has 0 amide bonds. The number of halogens is 1. The summed E-state index contributed by atoms with van der Waals surface area (Å²) in [7, 11) is 1.57. The van der Waals surface area contributed by atoms with Gasteiger partial charge < -0.3 is 5.32 Å². The zero-order valence-corrected chi connectivity index (χ0v) is 11.9. The topological polar surface area (TPSA) is 56.0 Å². The molecule has 1 unspecified atom stereocenters. The van der Waals surface area contributed by atoms with E-state index in [9.17, 15) is 14.0 Å². The lowest BCUT2D eigenvalue weighted by molar-refractivity contribution is 0.425. The van der Waals surface area contributed by atoms with Crippen molar-refractivity contribution in [2.24, 2.45) is 7.05 Å². The molecule has 1 aliphatic rings. The van der Waals surface area contributed by atoms with Crippen LogP contribution in [-0.2, 0) is 7.05 Å². The van der Waals surface area contributed by atoms with Crippen LogP contribution in [0.3, 0.4) is 0 Å². The van der Waals surface area contributed by atoms with Gasteiger partial charge in [0, 0.05) is 13.6 Å². The Hall–Kier alpha value is -1.95. The van der Waals surface area contributed by atoms with Gasteiger partial charge in [-0.25, -0.2) is 9.18 Å². The Bertz CT molecular complexity index is 786. The smallest absolute Gasteiger partial charge is 0.315 e. The van der Waals surface area contributed by atoms with Crippen molar-refractivity contribution in [1.82, 2.24) is 14.5 Å². The highest BCUT2D eigenvalue weighted by Gasteiger charge is 2.21. The molecule has 1 fully saturated rings. The molecule has 3 rings (SSSR count). The second-order valence-electron chi connectivity index (χ2n) is 5.50. The van der Waals surface area contributed by atoms with Gasteiger partial charge in [-0.15, -0.1) is 0 Å². The second-order valence-corrected chi connectivity index (χ2v) is 5.50. The third-order valence-electron chi connectivity index (χ3n) is 4.16. The molecule has 0 bridgehead atoms. The minimum absolute atomic E-state index is 0.0103. The molecule has 6 heteroatoms. The first-order valence-electron chi connectivity index (χ1n) is 7.21. The number of hydrogen-bond acceptors (Lipinski definition) is 3. The molecule has 1 aliphatic heterocycles. The lowest BCUT2D eigenvalue weighted by Crippen LogP contribution is -2.44. The lowest BCUT2D eigenvalue weighted by Gasteiger charge is -2.19. The van der Waals surface area contributed by atoms with Gasteiger partial charge in [0.15, 0.2) is 0 Å². The quantitative estimate of drug-likeness (QED) is 0.857. The predicted molar refractivity (Wildman–Crippen MR) is 79.2 cm³/mol. The molecule has 1 aromatic heterocycles. The summed E-state index contributed by atoms with van der Waals surface area (Å²) in [5.41, 5.74) is -0.575. The van der Waals surface area contributed by atoms with Gasteiger partial charge in [0.25, 0.3) is 5.56 Å². The molecule has 112 valence electrons. The maximum absolute atomic E-state index is 14.0. The molecular formula is C15H18FN3O2. The van der Waals surface area contributed by atoms with Gasteiger partial charge in [0.05, 0.1) is 16.9 Å². The summed E-state index contributed by atoms with van der Waals surface area (Å²) in [4.78, 5) is 25.1. The highest BCUT2D eigenvalue weighted by atomic mass is 19.1. The fourth-order valence-corrected chi connectivity index (χ4v) is 3.02. The first-order chi connectivity index (χ1) is 10.1. The molecule has 5 nitrogen and oxygen atoms in total. The van der Waals surface area contributed by atoms with Gasteiger partial charge in [-0.3, -0.25) is 13.9 Å². The van der Waals surface area contributed by atoms with Crippen LogP contribution in [0.2, 0.25) is 0 Å². The maximum Gasteiger partial charge on any atom is 0.331 e. The number of benzene rings is 1. The summed E-state index contributed by atoms with van der Waals surface area (Å²) in [6, 6.07) is 4.14. The molecular weight excluding hydrogens is 273 g/mol. The van der Waals surface area contributed by atoms with Crippen molar-refractivity contribution in [1.29, 1.82) is 0 Å². The van der Waals surface area contributed by atoms with E-state index >= 15 is 0 Å². The van der Waals surface area contributed by atoms with E-state index in [0.29, 0.717) is 12.1 Å². The largest absolute Gasteiger partial charge is 0.331 e. The molecule has 1 N–H and O–H groups in total. The van der Waals surface area contributed by atoms with Crippen LogP contribution in [0.15, 0.2) is 27.8 Å². The Morgan fingerprint density at radius 3 is 2.90 bits per heavy atom. The molecule has 1 saturated heterocycles. The van der Waals surface area contributed by atoms with Crippen LogP contribution < -0.4 is 16.6 Å². The van der Waals surface area contributed by atoms with Crippen molar-refractivity contribution in [2.45, 2.75) is 25.3 Å². The summed E-state index contributed by atoms with van der Waals surface area (Å²) in [6.45, 7) is 1.45. The van der Waals surface area contributed by atoms with Crippen LogP contribution in [0.1, 0.15) is 25.3 Å².